The lowest BCUT2D eigenvalue weighted by Crippen LogP contribution is -2.23. The summed E-state index contributed by atoms with van der Waals surface area (Å²) in [4.78, 5) is 35.3. The Morgan fingerprint density at radius 3 is 2.35 bits per heavy atom. The molecule has 43 heavy (non-hydrogen) atoms. The number of nitrogens with one attached hydrogen (secondary N) is 1. The zero-order valence-corrected chi connectivity index (χ0v) is 24.5. The average Bonchev–Trinajstić information content (AvgIpc) is 2.95. The van der Waals surface area contributed by atoms with Gasteiger partial charge in [-0.05, 0) is 61.9 Å². The minimum absolute atomic E-state index is 0.0766. The van der Waals surface area contributed by atoms with E-state index < -0.39 is 28.4 Å². The van der Waals surface area contributed by atoms with Gasteiger partial charge in [-0.25, -0.2) is 9.97 Å². The molecule has 0 aliphatic carbocycles. The summed E-state index contributed by atoms with van der Waals surface area (Å²) in [6.45, 7) is 3.30. The van der Waals surface area contributed by atoms with E-state index in [2.05, 4.69) is 15.3 Å². The van der Waals surface area contributed by atoms with Crippen LogP contribution in [0.3, 0.4) is 0 Å². The maximum absolute atomic E-state index is 13.5. The molecule has 0 aliphatic heterocycles. The van der Waals surface area contributed by atoms with E-state index in [1.54, 1.807) is 47.2 Å². The van der Waals surface area contributed by atoms with Gasteiger partial charge in [-0.15, -0.1) is 0 Å². The molecule has 0 spiro atoms. The molecule has 226 valence electrons. The highest BCUT2D eigenvalue weighted by Crippen LogP contribution is 2.36. The van der Waals surface area contributed by atoms with Crippen molar-refractivity contribution in [2.75, 3.05) is 38.5 Å². The number of methoxy groups -OCH3 is 1. The van der Waals surface area contributed by atoms with E-state index in [1.807, 2.05) is 36.2 Å². The lowest BCUT2D eigenvalue weighted by Gasteiger charge is -2.23. The number of benzene rings is 3. The first-order chi connectivity index (χ1) is 20.2. The van der Waals surface area contributed by atoms with Crippen molar-refractivity contribution >= 4 is 39.7 Å². The molecule has 0 fully saturated rings. The van der Waals surface area contributed by atoms with Crippen molar-refractivity contribution in [1.29, 1.82) is 0 Å². The molecule has 10 nitrogen and oxygen atoms in total. The Balaban J connectivity index is 1.72. The van der Waals surface area contributed by atoms with Crippen LogP contribution in [0.15, 0.2) is 54.6 Å². The first kappa shape index (κ1) is 31.0. The summed E-state index contributed by atoms with van der Waals surface area (Å²) in [5.74, 6) is 1.30. The Morgan fingerprint density at radius 1 is 1.05 bits per heavy atom. The third kappa shape index (κ3) is 6.93. The number of aromatic nitrogens is 2. The van der Waals surface area contributed by atoms with Crippen molar-refractivity contribution < 1.29 is 27.6 Å². The van der Waals surface area contributed by atoms with Gasteiger partial charge in [0.25, 0.3) is 5.69 Å². The number of hydrogen-bond acceptors (Lipinski definition) is 8. The molecular weight excluding hydrogens is 565 g/mol. The fourth-order valence-corrected chi connectivity index (χ4v) is 4.58. The third-order valence-corrected chi connectivity index (χ3v) is 7.00. The number of fused-ring (bicyclic) bond motifs is 1. The third-order valence-electron chi connectivity index (χ3n) is 7.00. The fraction of sp³-hybridized carbons (Fsp3) is 0.300. The molecule has 4 aromatic rings. The molecule has 1 heterocycles. The summed E-state index contributed by atoms with van der Waals surface area (Å²) in [6, 6.07) is 12.8. The van der Waals surface area contributed by atoms with Gasteiger partial charge in [0.05, 0.1) is 35.6 Å². The summed E-state index contributed by atoms with van der Waals surface area (Å²) in [7, 11) is 6.77. The Kier molecular flexibility index (Phi) is 8.74. The highest BCUT2D eigenvalue weighted by atomic mass is 19.4. The number of likely N-dealkylation sites (N-methyl/N-ethyl adjacent to an activating group) is 1. The van der Waals surface area contributed by atoms with Crippen molar-refractivity contribution in [3.05, 3.63) is 87.2 Å². The topological polar surface area (TPSA) is 114 Å². The Hall–Kier alpha value is -4.94. The van der Waals surface area contributed by atoms with Crippen LogP contribution in [0, 0.1) is 17.0 Å². The largest absolute Gasteiger partial charge is 0.496 e. The maximum atomic E-state index is 13.5. The van der Waals surface area contributed by atoms with E-state index in [4.69, 9.17) is 4.74 Å². The molecule has 13 heteroatoms. The van der Waals surface area contributed by atoms with Gasteiger partial charge in [0.15, 0.2) is 0 Å². The molecule has 3 aromatic carbocycles. The lowest BCUT2D eigenvalue weighted by atomic mass is 10.0. The molecule has 1 atom stereocenters. The molecule has 1 amide bonds. The van der Waals surface area contributed by atoms with Crippen molar-refractivity contribution in [2.45, 2.75) is 32.5 Å². The maximum Gasteiger partial charge on any atom is 0.416 e. The number of halogens is 3. The minimum atomic E-state index is -4.75. The van der Waals surface area contributed by atoms with E-state index in [0.717, 1.165) is 29.1 Å². The summed E-state index contributed by atoms with van der Waals surface area (Å²) in [6.07, 6.45) is -4.60. The number of ether oxygens (including phenoxy) is 1. The number of carbonyl (C=O) groups is 1. The highest BCUT2D eigenvalue weighted by Gasteiger charge is 2.33. The monoisotopic (exact) mass is 596 g/mol. The summed E-state index contributed by atoms with van der Waals surface area (Å²) >= 11 is 0. The second-order valence-corrected chi connectivity index (χ2v) is 10.3. The number of alkyl halides is 3. The quantitative estimate of drug-likeness (QED) is 0.173. The Labute approximate surface area is 246 Å². The van der Waals surface area contributed by atoms with Crippen LogP contribution in [-0.4, -0.2) is 54.0 Å². The van der Waals surface area contributed by atoms with Crippen molar-refractivity contribution in [3.8, 4) is 5.75 Å². The zero-order chi connectivity index (χ0) is 31.6. The van der Waals surface area contributed by atoms with Crippen LogP contribution in [-0.2, 0) is 17.4 Å². The SMILES string of the molecule is COc1ccc(N(C)c2ccc3nc(C)nc(N[C@H](C)c4cc([N+](=O)[O-])cc(C(F)(F)F)c4)c3c2)cc1CC(=O)N(C)C. The number of nitrogens with zero attached hydrogens (tertiary/aromatic N) is 5. The van der Waals surface area contributed by atoms with Crippen molar-refractivity contribution in [3.63, 3.8) is 0 Å². The number of hydrogen-bond donors (Lipinski definition) is 1. The second-order valence-electron chi connectivity index (χ2n) is 10.3. The lowest BCUT2D eigenvalue weighted by molar-refractivity contribution is -0.385. The molecule has 0 saturated heterocycles. The number of aryl methyl sites for hydroxylation is 1. The molecule has 1 N–H and O–H groups in total. The predicted molar refractivity (Wildman–Crippen MR) is 158 cm³/mol. The van der Waals surface area contributed by atoms with Gasteiger partial charge in [-0.2, -0.15) is 13.2 Å². The van der Waals surface area contributed by atoms with Crippen LogP contribution < -0.4 is 15.0 Å². The van der Waals surface area contributed by atoms with Gasteiger partial charge in [-0.3, -0.25) is 14.9 Å². The number of rotatable bonds is 9. The smallest absolute Gasteiger partial charge is 0.416 e. The number of anilines is 3. The van der Waals surface area contributed by atoms with E-state index in [1.165, 1.54) is 4.90 Å². The number of non-ortho nitro benzene ring substituents is 1. The number of carbonyl (C=O) groups excluding carboxylic acids is 1. The van der Waals surface area contributed by atoms with E-state index in [-0.39, 0.29) is 17.9 Å². The minimum Gasteiger partial charge on any atom is -0.496 e. The summed E-state index contributed by atoms with van der Waals surface area (Å²) in [5, 5.41) is 15.1. The first-order valence-corrected chi connectivity index (χ1v) is 13.2. The Bertz CT molecular complexity index is 1690. The van der Waals surface area contributed by atoms with Crippen LogP contribution in [0.25, 0.3) is 10.9 Å². The van der Waals surface area contributed by atoms with Crippen LogP contribution in [0.2, 0.25) is 0 Å². The van der Waals surface area contributed by atoms with Gasteiger partial charge in [0.2, 0.25) is 5.91 Å². The molecule has 0 unspecified atom stereocenters. The van der Waals surface area contributed by atoms with Crippen LogP contribution >= 0.6 is 0 Å². The number of nitro benzene ring substituents is 1. The normalized spacial score (nSPS) is 12.1. The second kappa shape index (κ2) is 12.1. The van der Waals surface area contributed by atoms with Gasteiger partial charge in [-0.1, -0.05) is 0 Å². The molecule has 1 aromatic heterocycles. The van der Waals surface area contributed by atoms with E-state index in [9.17, 15) is 28.1 Å². The molecule has 0 aliphatic rings. The molecule has 0 radical (unpaired) electrons. The summed E-state index contributed by atoms with van der Waals surface area (Å²) in [5.41, 5.74) is 1.17. The zero-order valence-electron chi connectivity index (χ0n) is 24.5. The van der Waals surface area contributed by atoms with Crippen molar-refractivity contribution in [2.24, 2.45) is 0 Å². The van der Waals surface area contributed by atoms with Crippen molar-refractivity contribution in [1.82, 2.24) is 14.9 Å². The van der Waals surface area contributed by atoms with Crippen LogP contribution in [0.5, 0.6) is 5.75 Å². The first-order valence-electron chi connectivity index (χ1n) is 13.2. The standard InChI is InChI=1S/C30H31F3N6O4/c1-17(19-11-21(30(31,32)33)15-24(12-19)39(41)42)34-29-25-16-23(7-9-26(25)35-18(2)36-29)38(5)22-8-10-27(43-6)20(13-22)14-28(40)37(3)4/h7-13,15-17H,14H2,1-6H3,(H,34,35,36)/t17-/m1/s1. The van der Waals surface area contributed by atoms with Crippen LogP contribution in [0.1, 0.15) is 35.5 Å². The predicted octanol–water partition coefficient (Wildman–Crippen LogP) is 6.45. The number of nitro groups is 1. The van der Waals surface area contributed by atoms with Gasteiger partial charge in [0.1, 0.15) is 17.4 Å². The van der Waals surface area contributed by atoms with Crippen LogP contribution in [0.4, 0.5) is 36.1 Å². The summed E-state index contributed by atoms with van der Waals surface area (Å²) < 4.78 is 45.9. The molecule has 0 saturated carbocycles. The van der Waals surface area contributed by atoms with Gasteiger partial charge in [0, 0.05) is 55.6 Å². The fourth-order valence-electron chi connectivity index (χ4n) is 4.58. The van der Waals surface area contributed by atoms with Gasteiger partial charge >= 0.3 is 6.18 Å². The Morgan fingerprint density at radius 2 is 1.72 bits per heavy atom. The van der Waals surface area contributed by atoms with E-state index >= 15 is 0 Å². The van der Waals surface area contributed by atoms with Gasteiger partial charge < -0.3 is 19.9 Å². The number of amides is 1. The molecule has 0 bridgehead atoms. The highest BCUT2D eigenvalue weighted by molar-refractivity contribution is 5.92. The average molecular weight is 597 g/mol. The molecule has 4 rings (SSSR count). The van der Waals surface area contributed by atoms with E-state index in [0.29, 0.717) is 34.4 Å². The molecular formula is C30H31F3N6O4.